The van der Waals surface area contributed by atoms with Crippen LogP contribution in [0.25, 0.3) is 0 Å². The Hall–Kier alpha value is -0.800. The number of nitrogens with one attached hydrogen (secondary N) is 1. The SMILES string of the molecule is CCCc1nnc(N2C(=S)N[C@@H]3CS(=O)(=O)C[C@@H]32)s1. The fourth-order valence-corrected chi connectivity index (χ4v) is 5.81. The van der Waals surface area contributed by atoms with Crippen LogP contribution in [0.15, 0.2) is 0 Å². The number of aryl methyl sites for hydroxylation is 1. The second-order valence-electron chi connectivity index (χ2n) is 4.80. The van der Waals surface area contributed by atoms with Gasteiger partial charge in [-0.2, -0.15) is 0 Å². The molecule has 3 rings (SSSR count). The Morgan fingerprint density at radius 3 is 3.00 bits per heavy atom. The smallest absolute Gasteiger partial charge is 0.214 e. The number of thiocarbonyl (C=S) groups is 1. The molecular weight excluding hydrogens is 304 g/mol. The summed E-state index contributed by atoms with van der Waals surface area (Å²) in [6.45, 7) is 2.09. The van der Waals surface area contributed by atoms with E-state index in [0.717, 1.165) is 17.8 Å². The first-order valence-electron chi connectivity index (χ1n) is 6.12. The first-order valence-corrected chi connectivity index (χ1v) is 9.17. The molecule has 0 radical (unpaired) electrons. The van der Waals surface area contributed by atoms with E-state index in [1.807, 2.05) is 4.90 Å². The van der Waals surface area contributed by atoms with Crippen LogP contribution in [0.5, 0.6) is 0 Å². The number of aromatic nitrogens is 2. The van der Waals surface area contributed by atoms with E-state index in [1.54, 1.807) is 0 Å². The minimum absolute atomic E-state index is 0.115. The monoisotopic (exact) mass is 318 g/mol. The van der Waals surface area contributed by atoms with Crippen molar-refractivity contribution in [1.29, 1.82) is 0 Å². The summed E-state index contributed by atoms with van der Waals surface area (Å²) in [5, 5.41) is 13.6. The second kappa shape index (κ2) is 4.64. The van der Waals surface area contributed by atoms with Gasteiger partial charge in [0.15, 0.2) is 14.9 Å². The van der Waals surface area contributed by atoms with Crippen LogP contribution in [0.2, 0.25) is 0 Å². The van der Waals surface area contributed by atoms with Gasteiger partial charge in [-0.25, -0.2) is 8.42 Å². The van der Waals surface area contributed by atoms with Crippen molar-refractivity contribution < 1.29 is 8.42 Å². The van der Waals surface area contributed by atoms with E-state index < -0.39 is 9.84 Å². The minimum Gasteiger partial charge on any atom is -0.356 e. The lowest BCUT2D eigenvalue weighted by Gasteiger charge is -2.18. The highest BCUT2D eigenvalue weighted by atomic mass is 32.2. The highest BCUT2D eigenvalue weighted by Gasteiger charge is 2.48. The third-order valence-electron chi connectivity index (χ3n) is 3.31. The van der Waals surface area contributed by atoms with Crippen molar-refractivity contribution in [2.75, 3.05) is 16.4 Å². The Labute approximate surface area is 121 Å². The molecule has 19 heavy (non-hydrogen) atoms. The number of hydrogen-bond donors (Lipinski definition) is 1. The molecule has 104 valence electrons. The summed E-state index contributed by atoms with van der Waals surface area (Å²) in [5.41, 5.74) is 0. The van der Waals surface area contributed by atoms with Crippen molar-refractivity contribution in [2.24, 2.45) is 0 Å². The lowest BCUT2D eigenvalue weighted by molar-refractivity contribution is 0.600. The highest BCUT2D eigenvalue weighted by Crippen LogP contribution is 2.31. The maximum Gasteiger partial charge on any atom is 0.214 e. The largest absolute Gasteiger partial charge is 0.356 e. The van der Waals surface area contributed by atoms with Crippen molar-refractivity contribution in [2.45, 2.75) is 31.8 Å². The first-order chi connectivity index (χ1) is 9.00. The van der Waals surface area contributed by atoms with Crippen LogP contribution in [-0.4, -0.2) is 47.3 Å². The normalized spacial score (nSPS) is 28.5. The minimum atomic E-state index is -2.98. The van der Waals surface area contributed by atoms with Crippen LogP contribution < -0.4 is 10.2 Å². The van der Waals surface area contributed by atoms with Gasteiger partial charge in [-0.05, 0) is 18.6 Å². The molecule has 2 atom stereocenters. The quantitative estimate of drug-likeness (QED) is 0.806. The van der Waals surface area contributed by atoms with Gasteiger partial charge in [0.2, 0.25) is 5.13 Å². The summed E-state index contributed by atoms with van der Waals surface area (Å²) >= 11 is 6.77. The number of rotatable bonds is 3. The Kier molecular flexibility index (Phi) is 3.22. The average Bonchev–Trinajstić information content (AvgIpc) is 2.92. The molecule has 9 heteroatoms. The Balaban J connectivity index is 1.88. The van der Waals surface area contributed by atoms with Gasteiger partial charge in [-0.3, -0.25) is 4.90 Å². The fraction of sp³-hybridized carbons (Fsp3) is 0.700. The van der Waals surface area contributed by atoms with Crippen LogP contribution in [0.4, 0.5) is 5.13 Å². The predicted molar refractivity (Wildman–Crippen MR) is 78.3 cm³/mol. The third kappa shape index (κ3) is 2.34. The molecule has 2 aliphatic heterocycles. The van der Waals surface area contributed by atoms with Gasteiger partial charge in [0.25, 0.3) is 0 Å². The maximum atomic E-state index is 11.7. The van der Waals surface area contributed by atoms with Crippen molar-refractivity contribution in [3.63, 3.8) is 0 Å². The zero-order chi connectivity index (χ0) is 13.6. The summed E-state index contributed by atoms with van der Waals surface area (Å²) < 4.78 is 23.4. The Bertz CT molecular complexity index is 612. The van der Waals surface area contributed by atoms with Crippen molar-refractivity contribution >= 4 is 43.6 Å². The molecule has 1 aromatic rings. The third-order valence-corrected chi connectivity index (χ3v) is 6.32. The van der Waals surface area contributed by atoms with Gasteiger partial charge in [0.05, 0.1) is 23.6 Å². The van der Waals surface area contributed by atoms with Gasteiger partial charge in [0, 0.05) is 6.42 Å². The molecule has 0 unspecified atom stereocenters. The molecule has 2 saturated heterocycles. The van der Waals surface area contributed by atoms with E-state index in [-0.39, 0.29) is 23.6 Å². The van der Waals surface area contributed by atoms with Crippen LogP contribution >= 0.6 is 23.6 Å². The van der Waals surface area contributed by atoms with Gasteiger partial charge >= 0.3 is 0 Å². The fourth-order valence-electron chi connectivity index (χ4n) is 2.49. The highest BCUT2D eigenvalue weighted by molar-refractivity contribution is 7.91. The van der Waals surface area contributed by atoms with Crippen LogP contribution in [0.3, 0.4) is 0 Å². The predicted octanol–water partition coefficient (Wildman–Crippen LogP) is 0.351. The molecule has 0 bridgehead atoms. The van der Waals surface area contributed by atoms with Crippen molar-refractivity contribution in [3.05, 3.63) is 5.01 Å². The number of hydrogen-bond acceptors (Lipinski definition) is 6. The van der Waals surface area contributed by atoms with Crippen LogP contribution in [-0.2, 0) is 16.3 Å². The Morgan fingerprint density at radius 1 is 1.47 bits per heavy atom. The van der Waals surface area contributed by atoms with E-state index in [1.165, 1.54) is 11.3 Å². The molecule has 0 spiro atoms. The molecule has 1 aromatic heterocycles. The van der Waals surface area contributed by atoms with Crippen molar-refractivity contribution in [3.8, 4) is 0 Å². The van der Waals surface area contributed by atoms with Gasteiger partial charge in [-0.1, -0.05) is 18.3 Å². The molecular formula is C10H14N4O2S3. The van der Waals surface area contributed by atoms with E-state index >= 15 is 0 Å². The zero-order valence-corrected chi connectivity index (χ0v) is 12.8. The van der Waals surface area contributed by atoms with Crippen LogP contribution in [0, 0.1) is 0 Å². The zero-order valence-electron chi connectivity index (χ0n) is 10.4. The first kappa shape index (κ1) is 13.2. The van der Waals surface area contributed by atoms with Crippen molar-refractivity contribution in [1.82, 2.24) is 15.5 Å². The lowest BCUT2D eigenvalue weighted by atomic mass is 10.2. The van der Waals surface area contributed by atoms with Gasteiger partial charge in [-0.15, -0.1) is 10.2 Å². The number of sulfone groups is 1. The topological polar surface area (TPSA) is 75.2 Å². The van der Waals surface area contributed by atoms with Crippen LogP contribution in [0.1, 0.15) is 18.4 Å². The van der Waals surface area contributed by atoms with E-state index in [4.69, 9.17) is 12.2 Å². The number of nitrogens with zero attached hydrogens (tertiary/aromatic N) is 3. The van der Waals surface area contributed by atoms with E-state index in [0.29, 0.717) is 10.2 Å². The molecule has 6 nitrogen and oxygen atoms in total. The molecule has 0 saturated carbocycles. The number of fused-ring (bicyclic) bond motifs is 1. The van der Waals surface area contributed by atoms with E-state index in [2.05, 4.69) is 22.4 Å². The van der Waals surface area contributed by atoms with Gasteiger partial charge in [0.1, 0.15) is 5.01 Å². The molecule has 3 heterocycles. The summed E-state index contributed by atoms with van der Waals surface area (Å²) in [7, 11) is -2.98. The molecule has 1 N–H and O–H groups in total. The summed E-state index contributed by atoms with van der Waals surface area (Å²) in [4.78, 5) is 1.82. The standard InChI is InChI=1S/C10H14N4O2S3/c1-2-3-8-12-13-10(18-8)14-7-5-19(15,16)4-6(7)11-9(14)17/h6-7H,2-5H2,1H3,(H,11,17)/t6-,7+/m1/s1. The molecule has 2 fully saturated rings. The van der Waals surface area contributed by atoms with Gasteiger partial charge < -0.3 is 5.32 Å². The average molecular weight is 318 g/mol. The Morgan fingerprint density at radius 2 is 2.26 bits per heavy atom. The molecule has 0 aromatic carbocycles. The molecule has 2 aliphatic rings. The second-order valence-corrected chi connectivity index (χ2v) is 8.38. The number of anilines is 1. The lowest BCUT2D eigenvalue weighted by Crippen LogP contribution is -2.36. The molecule has 0 aliphatic carbocycles. The molecule has 0 amide bonds. The maximum absolute atomic E-state index is 11.7. The summed E-state index contributed by atoms with van der Waals surface area (Å²) in [6.07, 6.45) is 1.90. The summed E-state index contributed by atoms with van der Waals surface area (Å²) in [6, 6.07) is -0.254. The summed E-state index contributed by atoms with van der Waals surface area (Å²) in [5.74, 6) is 0.280. The van der Waals surface area contributed by atoms with E-state index in [9.17, 15) is 8.42 Å².